The molecule has 1 aliphatic rings. The summed E-state index contributed by atoms with van der Waals surface area (Å²) in [6, 6.07) is 1.67. The van der Waals surface area contributed by atoms with Crippen molar-refractivity contribution in [2.75, 3.05) is 18.5 Å². The minimum atomic E-state index is -0.168. The molecule has 1 aliphatic carbocycles. The average molecular weight is 259 g/mol. The Labute approximate surface area is 112 Å². The van der Waals surface area contributed by atoms with Crippen molar-refractivity contribution in [2.45, 2.75) is 13.3 Å². The van der Waals surface area contributed by atoms with Crippen LogP contribution in [0.4, 0.5) is 5.69 Å². The first-order valence-corrected chi connectivity index (χ1v) is 6.21. The summed E-state index contributed by atoms with van der Waals surface area (Å²) in [6.45, 7) is 2.54. The van der Waals surface area contributed by atoms with Gasteiger partial charge in [-0.05, 0) is 37.1 Å². The van der Waals surface area contributed by atoms with Crippen LogP contribution < -0.4 is 10.6 Å². The Kier molecular flexibility index (Phi) is 4.30. The van der Waals surface area contributed by atoms with Crippen LogP contribution in [0.25, 0.3) is 0 Å². The highest BCUT2D eigenvalue weighted by molar-refractivity contribution is 5.99. The van der Waals surface area contributed by atoms with Crippen LogP contribution in [0, 0.1) is 0 Å². The smallest absolute Gasteiger partial charge is 0.253 e. The van der Waals surface area contributed by atoms with Gasteiger partial charge in [0.1, 0.15) is 0 Å². The van der Waals surface area contributed by atoms with Crippen LogP contribution in [0.1, 0.15) is 23.7 Å². The Morgan fingerprint density at radius 2 is 2.21 bits per heavy atom. The lowest BCUT2D eigenvalue weighted by molar-refractivity contribution is 0.0952. The lowest BCUT2D eigenvalue weighted by Gasteiger charge is -2.16. The number of amides is 1. The third kappa shape index (κ3) is 3.42. The number of aromatic nitrogens is 1. The topological polar surface area (TPSA) is 74.2 Å². The van der Waals surface area contributed by atoms with Gasteiger partial charge < -0.3 is 15.7 Å². The predicted octanol–water partition coefficient (Wildman–Crippen LogP) is 1.45. The molecule has 1 amide bonds. The third-order valence-electron chi connectivity index (χ3n) is 2.73. The number of pyridine rings is 1. The molecule has 0 aromatic carbocycles. The molecule has 1 aromatic rings. The Bertz CT molecular complexity index is 535. The van der Waals surface area contributed by atoms with E-state index in [9.17, 15) is 4.79 Å². The summed E-state index contributed by atoms with van der Waals surface area (Å²) in [5.41, 5.74) is 3.39. The van der Waals surface area contributed by atoms with Crippen molar-refractivity contribution in [1.29, 1.82) is 0 Å². The average Bonchev–Trinajstić information content (AvgIpc) is 2.38. The highest BCUT2D eigenvalue weighted by Gasteiger charge is 2.13. The zero-order valence-electron chi connectivity index (χ0n) is 10.8. The molecule has 0 bridgehead atoms. The Balaban J connectivity index is 2.03. The molecule has 0 aliphatic heterocycles. The van der Waals surface area contributed by atoms with Gasteiger partial charge in [0.25, 0.3) is 5.91 Å². The van der Waals surface area contributed by atoms with Crippen molar-refractivity contribution in [3.63, 3.8) is 0 Å². The van der Waals surface area contributed by atoms with Gasteiger partial charge in [0.05, 0.1) is 17.4 Å². The lowest BCUT2D eigenvalue weighted by atomic mass is 10.1. The van der Waals surface area contributed by atoms with Crippen LogP contribution >= 0.6 is 0 Å². The SMILES string of the molecule is CC1=CC(Nc2cnccc2C(=O)NCCCO)=C1. The highest BCUT2D eigenvalue weighted by Crippen LogP contribution is 2.21. The fraction of sp³-hybridized carbons (Fsp3) is 0.286. The van der Waals surface area contributed by atoms with Crippen molar-refractivity contribution >= 4 is 11.6 Å². The lowest BCUT2D eigenvalue weighted by Crippen LogP contribution is -2.26. The molecule has 0 radical (unpaired) electrons. The van der Waals surface area contributed by atoms with Crippen LogP contribution in [0.5, 0.6) is 0 Å². The molecule has 0 atom stereocenters. The maximum atomic E-state index is 12.0. The number of aliphatic hydroxyl groups is 1. The zero-order valence-corrected chi connectivity index (χ0v) is 10.8. The molecular formula is C14H17N3O2. The molecule has 0 unspecified atom stereocenters. The standard InChI is InChI=1S/C14H17N3O2/c1-10-7-11(8-10)17-13-9-15-5-3-12(13)14(19)16-4-2-6-18/h3,5,7-9,17-18H,2,4,6H2,1H3,(H,16,19). The van der Waals surface area contributed by atoms with E-state index in [1.807, 2.05) is 19.1 Å². The molecular weight excluding hydrogens is 242 g/mol. The fourth-order valence-electron chi connectivity index (χ4n) is 1.77. The van der Waals surface area contributed by atoms with E-state index in [1.165, 1.54) is 5.57 Å². The monoisotopic (exact) mass is 259 g/mol. The zero-order chi connectivity index (χ0) is 13.7. The van der Waals surface area contributed by atoms with Gasteiger partial charge in [-0.2, -0.15) is 0 Å². The van der Waals surface area contributed by atoms with Gasteiger partial charge in [-0.15, -0.1) is 0 Å². The number of carbonyl (C=O) groups excluding carboxylic acids is 1. The summed E-state index contributed by atoms with van der Waals surface area (Å²) >= 11 is 0. The number of allylic oxidation sites excluding steroid dienone is 3. The Morgan fingerprint density at radius 1 is 1.42 bits per heavy atom. The van der Waals surface area contributed by atoms with E-state index >= 15 is 0 Å². The molecule has 1 heterocycles. The molecule has 0 spiro atoms. The summed E-state index contributed by atoms with van der Waals surface area (Å²) in [5, 5.41) is 14.6. The van der Waals surface area contributed by atoms with Crippen molar-refractivity contribution in [1.82, 2.24) is 10.3 Å². The first-order chi connectivity index (χ1) is 9.20. The van der Waals surface area contributed by atoms with Gasteiger partial charge in [-0.25, -0.2) is 0 Å². The first kappa shape index (κ1) is 13.3. The molecule has 5 nitrogen and oxygen atoms in total. The van der Waals surface area contributed by atoms with Crippen molar-refractivity contribution in [3.05, 3.63) is 47.4 Å². The summed E-state index contributed by atoms with van der Waals surface area (Å²) in [6.07, 6.45) is 7.76. The van der Waals surface area contributed by atoms with Crippen LogP contribution in [0.2, 0.25) is 0 Å². The Hall–Kier alpha value is -2.14. The van der Waals surface area contributed by atoms with Gasteiger partial charge >= 0.3 is 0 Å². The van der Waals surface area contributed by atoms with Gasteiger partial charge in [-0.1, -0.05) is 0 Å². The van der Waals surface area contributed by atoms with E-state index in [0.29, 0.717) is 24.2 Å². The van der Waals surface area contributed by atoms with Gasteiger partial charge in [0.2, 0.25) is 0 Å². The number of nitrogens with one attached hydrogen (secondary N) is 2. The summed E-state index contributed by atoms with van der Waals surface area (Å²) in [5.74, 6) is -0.168. The van der Waals surface area contributed by atoms with E-state index in [2.05, 4.69) is 15.6 Å². The Morgan fingerprint density at radius 3 is 2.89 bits per heavy atom. The molecule has 5 heteroatoms. The number of hydrogen-bond donors (Lipinski definition) is 3. The van der Waals surface area contributed by atoms with Gasteiger partial charge in [0, 0.05) is 25.0 Å². The van der Waals surface area contributed by atoms with Crippen LogP contribution in [0.3, 0.4) is 0 Å². The molecule has 0 saturated carbocycles. The number of carbonyl (C=O) groups is 1. The number of aliphatic hydroxyl groups excluding tert-OH is 1. The van der Waals surface area contributed by atoms with Crippen molar-refractivity contribution in [2.24, 2.45) is 0 Å². The van der Waals surface area contributed by atoms with Crippen LogP contribution in [0.15, 0.2) is 41.9 Å². The maximum Gasteiger partial charge on any atom is 0.253 e. The summed E-state index contributed by atoms with van der Waals surface area (Å²) < 4.78 is 0. The van der Waals surface area contributed by atoms with Crippen molar-refractivity contribution < 1.29 is 9.90 Å². The third-order valence-corrected chi connectivity index (χ3v) is 2.73. The van der Waals surface area contributed by atoms with Gasteiger partial charge in [-0.3, -0.25) is 9.78 Å². The molecule has 1 aromatic heterocycles. The number of nitrogens with zero attached hydrogens (tertiary/aromatic N) is 1. The second-order valence-corrected chi connectivity index (χ2v) is 4.37. The first-order valence-electron chi connectivity index (χ1n) is 6.21. The molecule has 19 heavy (non-hydrogen) atoms. The predicted molar refractivity (Wildman–Crippen MR) is 73.7 cm³/mol. The molecule has 2 rings (SSSR count). The molecule has 3 N–H and O–H groups in total. The van der Waals surface area contributed by atoms with E-state index in [-0.39, 0.29) is 12.5 Å². The van der Waals surface area contributed by atoms with Crippen molar-refractivity contribution in [3.8, 4) is 0 Å². The number of anilines is 1. The fourth-order valence-corrected chi connectivity index (χ4v) is 1.77. The molecule has 0 fully saturated rings. The van der Waals surface area contributed by atoms with E-state index in [1.54, 1.807) is 18.5 Å². The van der Waals surface area contributed by atoms with E-state index in [4.69, 9.17) is 5.11 Å². The number of rotatable bonds is 6. The highest BCUT2D eigenvalue weighted by atomic mass is 16.3. The number of hydrogen-bond acceptors (Lipinski definition) is 4. The summed E-state index contributed by atoms with van der Waals surface area (Å²) in [7, 11) is 0. The second-order valence-electron chi connectivity index (χ2n) is 4.37. The largest absolute Gasteiger partial charge is 0.396 e. The second kappa shape index (κ2) is 6.15. The minimum Gasteiger partial charge on any atom is -0.396 e. The van der Waals surface area contributed by atoms with E-state index in [0.717, 1.165) is 5.70 Å². The normalized spacial score (nSPS) is 13.2. The van der Waals surface area contributed by atoms with Crippen LogP contribution in [-0.2, 0) is 0 Å². The molecule has 0 saturated heterocycles. The van der Waals surface area contributed by atoms with Crippen LogP contribution in [-0.4, -0.2) is 29.1 Å². The minimum absolute atomic E-state index is 0.0681. The maximum absolute atomic E-state index is 12.0. The quantitative estimate of drug-likeness (QED) is 0.676. The molecule has 100 valence electrons. The summed E-state index contributed by atoms with van der Waals surface area (Å²) in [4.78, 5) is 16.0. The van der Waals surface area contributed by atoms with E-state index < -0.39 is 0 Å². The van der Waals surface area contributed by atoms with Gasteiger partial charge in [0.15, 0.2) is 0 Å².